The second-order valence-corrected chi connectivity index (χ2v) is 9.14. The average molecular weight is 528 g/mol. The highest BCUT2D eigenvalue weighted by Gasteiger charge is 2.11. The van der Waals surface area contributed by atoms with Crippen LogP contribution in [0.2, 0.25) is 0 Å². The molecule has 5 rings (SSSR count). The number of amides is 2. The zero-order valence-corrected chi connectivity index (χ0v) is 21.8. The van der Waals surface area contributed by atoms with Crippen molar-refractivity contribution in [2.75, 3.05) is 56.6 Å². The molecule has 2 amide bonds. The number of hydrogen-bond donors (Lipinski definition) is 3. The molecule has 202 valence electrons. The van der Waals surface area contributed by atoms with Crippen LogP contribution in [0.25, 0.3) is 5.69 Å². The third-order valence-electron chi connectivity index (χ3n) is 6.36. The van der Waals surface area contributed by atoms with Gasteiger partial charge < -0.3 is 20.1 Å². The molecular weight excluding hydrogens is 494 g/mol. The van der Waals surface area contributed by atoms with Gasteiger partial charge in [-0.2, -0.15) is 5.10 Å². The number of benzene rings is 2. The molecule has 2 aromatic heterocycles. The lowest BCUT2D eigenvalue weighted by Crippen LogP contribution is -2.40. The summed E-state index contributed by atoms with van der Waals surface area (Å²) in [5, 5.41) is 13.6. The summed E-state index contributed by atoms with van der Waals surface area (Å²) in [5.74, 6) is 1.93. The third kappa shape index (κ3) is 7.87. The largest absolute Gasteiger partial charge is 0.457 e. The molecule has 0 radical (unpaired) electrons. The predicted octanol–water partition coefficient (Wildman–Crippen LogP) is 4.17. The molecule has 3 N–H and O–H groups in total. The number of morpholine rings is 1. The number of nitrogens with zero attached hydrogens (tertiary/aromatic N) is 4. The van der Waals surface area contributed by atoms with Gasteiger partial charge in [-0.05, 0) is 67.1 Å². The van der Waals surface area contributed by atoms with Crippen LogP contribution in [0.4, 0.5) is 16.3 Å². The van der Waals surface area contributed by atoms with E-state index in [1.165, 1.54) is 5.56 Å². The van der Waals surface area contributed by atoms with Gasteiger partial charge in [-0.1, -0.05) is 12.1 Å². The van der Waals surface area contributed by atoms with Crippen molar-refractivity contribution in [1.82, 2.24) is 25.0 Å². The van der Waals surface area contributed by atoms with Crippen LogP contribution in [0, 0.1) is 0 Å². The molecule has 1 aliphatic rings. The summed E-state index contributed by atoms with van der Waals surface area (Å²) in [6.07, 6.45) is 5.94. The van der Waals surface area contributed by atoms with Crippen LogP contribution in [-0.4, -0.2) is 71.6 Å². The molecular formula is C29H33N7O3. The fourth-order valence-electron chi connectivity index (χ4n) is 4.25. The van der Waals surface area contributed by atoms with Crippen LogP contribution in [0.15, 0.2) is 85.3 Å². The van der Waals surface area contributed by atoms with Gasteiger partial charge in [0, 0.05) is 50.3 Å². The molecule has 0 spiro atoms. The SMILES string of the molecule is O=C(Nc1ccc(Oc2ccncc2)cc1)Nc1ccnn1-c1ccc(CCNCCN2CCOCC2)cc1. The Bertz CT molecular complexity index is 1300. The van der Waals surface area contributed by atoms with E-state index in [0.29, 0.717) is 23.0 Å². The molecule has 4 aromatic rings. The average Bonchev–Trinajstić information content (AvgIpc) is 3.43. The highest BCUT2D eigenvalue weighted by Crippen LogP contribution is 2.22. The van der Waals surface area contributed by atoms with Crippen LogP contribution in [0.5, 0.6) is 11.5 Å². The molecule has 0 saturated carbocycles. The minimum atomic E-state index is -0.362. The Labute approximate surface area is 228 Å². The van der Waals surface area contributed by atoms with Gasteiger partial charge in [0.15, 0.2) is 0 Å². The Balaban J connectivity index is 1.08. The first kappa shape index (κ1) is 26.4. The second kappa shape index (κ2) is 13.5. The van der Waals surface area contributed by atoms with Gasteiger partial charge in [0.05, 0.1) is 25.1 Å². The maximum Gasteiger partial charge on any atom is 0.324 e. The molecule has 0 aliphatic carbocycles. The Kier molecular flexibility index (Phi) is 9.14. The fraction of sp³-hybridized carbons (Fsp3) is 0.276. The van der Waals surface area contributed by atoms with Gasteiger partial charge in [-0.25, -0.2) is 9.48 Å². The number of rotatable bonds is 11. The van der Waals surface area contributed by atoms with Gasteiger partial charge in [-0.3, -0.25) is 15.2 Å². The van der Waals surface area contributed by atoms with E-state index in [4.69, 9.17) is 9.47 Å². The number of pyridine rings is 1. The Morgan fingerprint density at radius 2 is 1.59 bits per heavy atom. The van der Waals surface area contributed by atoms with Crippen LogP contribution >= 0.6 is 0 Å². The van der Waals surface area contributed by atoms with Crippen molar-refractivity contribution in [1.29, 1.82) is 0 Å². The van der Waals surface area contributed by atoms with Crippen LogP contribution in [0.1, 0.15) is 5.56 Å². The summed E-state index contributed by atoms with van der Waals surface area (Å²) in [6.45, 7) is 6.67. The van der Waals surface area contributed by atoms with Crippen LogP contribution in [0.3, 0.4) is 0 Å². The smallest absolute Gasteiger partial charge is 0.324 e. The van der Waals surface area contributed by atoms with E-state index >= 15 is 0 Å². The van der Waals surface area contributed by atoms with E-state index in [9.17, 15) is 4.79 Å². The monoisotopic (exact) mass is 527 g/mol. The molecule has 1 saturated heterocycles. The molecule has 3 heterocycles. The minimum absolute atomic E-state index is 0.362. The number of carbonyl (C=O) groups is 1. The van der Waals surface area contributed by atoms with E-state index in [2.05, 4.69) is 43.1 Å². The van der Waals surface area contributed by atoms with Crippen LogP contribution < -0.4 is 20.7 Å². The molecule has 0 atom stereocenters. The van der Waals surface area contributed by atoms with E-state index < -0.39 is 0 Å². The predicted molar refractivity (Wildman–Crippen MR) is 151 cm³/mol. The first-order valence-electron chi connectivity index (χ1n) is 13.1. The number of nitrogens with one attached hydrogen (secondary N) is 3. The van der Waals surface area contributed by atoms with E-state index in [0.717, 1.165) is 58.0 Å². The second-order valence-electron chi connectivity index (χ2n) is 9.14. The lowest BCUT2D eigenvalue weighted by Gasteiger charge is -2.26. The Morgan fingerprint density at radius 3 is 2.36 bits per heavy atom. The van der Waals surface area contributed by atoms with Gasteiger partial charge >= 0.3 is 6.03 Å². The summed E-state index contributed by atoms with van der Waals surface area (Å²) >= 11 is 0. The van der Waals surface area contributed by atoms with Gasteiger partial charge in [0.2, 0.25) is 0 Å². The number of hydrogen-bond acceptors (Lipinski definition) is 7. The first-order valence-corrected chi connectivity index (χ1v) is 13.1. The number of urea groups is 1. The third-order valence-corrected chi connectivity index (χ3v) is 6.36. The Morgan fingerprint density at radius 1 is 0.846 bits per heavy atom. The Hall–Kier alpha value is -4.25. The molecule has 39 heavy (non-hydrogen) atoms. The molecule has 10 heteroatoms. The topological polar surface area (TPSA) is 106 Å². The highest BCUT2D eigenvalue weighted by molar-refractivity contribution is 5.99. The normalized spacial score (nSPS) is 13.6. The molecule has 1 fully saturated rings. The van der Waals surface area contributed by atoms with E-state index in [-0.39, 0.29) is 6.03 Å². The quantitative estimate of drug-likeness (QED) is 0.252. The number of anilines is 2. The fourth-order valence-corrected chi connectivity index (χ4v) is 4.25. The zero-order chi connectivity index (χ0) is 26.7. The van der Waals surface area contributed by atoms with Crippen molar-refractivity contribution >= 4 is 17.5 Å². The number of ether oxygens (including phenoxy) is 2. The van der Waals surface area contributed by atoms with E-state index in [1.807, 2.05) is 12.1 Å². The maximum absolute atomic E-state index is 12.6. The number of aromatic nitrogens is 3. The minimum Gasteiger partial charge on any atom is -0.457 e. The molecule has 10 nitrogen and oxygen atoms in total. The summed E-state index contributed by atoms with van der Waals surface area (Å²) in [4.78, 5) is 19.1. The maximum atomic E-state index is 12.6. The van der Waals surface area contributed by atoms with Crippen molar-refractivity contribution in [3.8, 4) is 17.2 Å². The van der Waals surface area contributed by atoms with Crippen molar-refractivity contribution in [3.05, 3.63) is 90.9 Å². The highest BCUT2D eigenvalue weighted by atomic mass is 16.5. The lowest BCUT2D eigenvalue weighted by atomic mass is 10.1. The van der Waals surface area contributed by atoms with Crippen molar-refractivity contribution in [2.24, 2.45) is 0 Å². The van der Waals surface area contributed by atoms with E-state index in [1.54, 1.807) is 65.7 Å². The van der Waals surface area contributed by atoms with Gasteiger partial charge in [0.1, 0.15) is 17.3 Å². The molecule has 1 aliphatic heterocycles. The zero-order valence-electron chi connectivity index (χ0n) is 21.8. The summed E-state index contributed by atoms with van der Waals surface area (Å²) in [7, 11) is 0. The molecule has 0 bridgehead atoms. The molecule has 0 unspecified atom stereocenters. The summed E-state index contributed by atoms with van der Waals surface area (Å²) in [6, 6.07) is 20.3. The molecule has 2 aromatic carbocycles. The summed E-state index contributed by atoms with van der Waals surface area (Å²) < 4.78 is 12.9. The summed E-state index contributed by atoms with van der Waals surface area (Å²) in [5.41, 5.74) is 2.76. The van der Waals surface area contributed by atoms with Gasteiger partial charge in [0.25, 0.3) is 0 Å². The lowest BCUT2D eigenvalue weighted by molar-refractivity contribution is 0.0385. The first-order chi connectivity index (χ1) is 19.2. The van der Waals surface area contributed by atoms with Gasteiger partial charge in [-0.15, -0.1) is 0 Å². The number of carbonyl (C=O) groups excluding carboxylic acids is 1. The van der Waals surface area contributed by atoms with Crippen molar-refractivity contribution < 1.29 is 14.3 Å². The van der Waals surface area contributed by atoms with Crippen molar-refractivity contribution in [3.63, 3.8) is 0 Å². The standard InChI is InChI=1S/C29H33N7O3/c37-29(33-24-3-7-26(8-4-24)39-27-10-14-30-15-11-27)34-28-12-16-32-36(28)25-5-1-23(2-6-25)9-13-31-17-18-35-19-21-38-22-20-35/h1-8,10-12,14-16,31H,9,13,17-22H2,(H2,33,34,37). The van der Waals surface area contributed by atoms with Crippen LogP contribution in [-0.2, 0) is 11.2 Å². The van der Waals surface area contributed by atoms with Crippen molar-refractivity contribution in [2.45, 2.75) is 6.42 Å².